The van der Waals surface area contributed by atoms with E-state index >= 15 is 0 Å². The van der Waals surface area contributed by atoms with E-state index in [4.69, 9.17) is 0 Å². The van der Waals surface area contributed by atoms with Crippen molar-refractivity contribution >= 4 is 5.65 Å². The number of aromatic nitrogens is 3. The number of aromatic amines is 1. The minimum Gasteiger partial charge on any atom is -0.493 e. The third-order valence-corrected chi connectivity index (χ3v) is 2.45. The van der Waals surface area contributed by atoms with Gasteiger partial charge in [0.1, 0.15) is 5.65 Å². The molecule has 2 N–H and O–H groups in total. The molecule has 0 aliphatic rings. The smallest absolute Gasteiger partial charge is 0.258 e. The average Bonchev–Trinajstić information content (AvgIpc) is 2.47. The first-order chi connectivity index (χ1) is 7.02. The fraction of sp³-hybridized carbons (Fsp3) is 0.400. The molecule has 0 unspecified atom stereocenters. The highest BCUT2D eigenvalue weighted by molar-refractivity contribution is 5.49. The maximum atomic E-state index is 11.7. The largest absolute Gasteiger partial charge is 0.493 e. The average molecular weight is 207 g/mol. The summed E-state index contributed by atoms with van der Waals surface area (Å²) in [4.78, 5) is 14.4. The van der Waals surface area contributed by atoms with Gasteiger partial charge in [-0.25, -0.2) is 0 Å². The van der Waals surface area contributed by atoms with E-state index in [1.165, 1.54) is 4.52 Å². The van der Waals surface area contributed by atoms with Crippen molar-refractivity contribution in [2.24, 2.45) is 0 Å². The number of fused-ring (bicyclic) bond motifs is 1. The van der Waals surface area contributed by atoms with Gasteiger partial charge in [-0.2, -0.15) is 9.61 Å². The highest BCUT2D eigenvalue weighted by Crippen LogP contribution is 2.22. The number of hydrogen-bond donors (Lipinski definition) is 2. The molecule has 15 heavy (non-hydrogen) atoms. The van der Waals surface area contributed by atoms with Crippen molar-refractivity contribution in [3.63, 3.8) is 0 Å². The lowest BCUT2D eigenvalue weighted by atomic mass is 10.1. The van der Waals surface area contributed by atoms with E-state index in [0.717, 1.165) is 5.56 Å². The second-order valence-corrected chi connectivity index (χ2v) is 3.93. The molecular weight excluding hydrogens is 194 g/mol. The number of hydrogen-bond acceptors (Lipinski definition) is 3. The lowest BCUT2D eigenvalue weighted by molar-refractivity contribution is 0.423. The summed E-state index contributed by atoms with van der Waals surface area (Å²) >= 11 is 0. The Morgan fingerprint density at radius 3 is 2.80 bits per heavy atom. The topological polar surface area (TPSA) is 70.4 Å². The fourth-order valence-electron chi connectivity index (χ4n) is 1.65. The van der Waals surface area contributed by atoms with Crippen LogP contribution in [0.3, 0.4) is 0 Å². The normalized spacial score (nSPS) is 11.5. The summed E-state index contributed by atoms with van der Waals surface area (Å²) in [5, 5.41) is 13.9. The second kappa shape index (κ2) is 3.12. The Labute approximate surface area is 86.4 Å². The van der Waals surface area contributed by atoms with Gasteiger partial charge in [-0.1, -0.05) is 13.8 Å². The van der Waals surface area contributed by atoms with E-state index in [-0.39, 0.29) is 17.4 Å². The first-order valence-electron chi connectivity index (χ1n) is 4.82. The van der Waals surface area contributed by atoms with Gasteiger partial charge in [-0.05, 0) is 12.8 Å². The molecule has 0 bridgehead atoms. The van der Waals surface area contributed by atoms with Crippen LogP contribution in [0.4, 0.5) is 0 Å². The van der Waals surface area contributed by atoms with Gasteiger partial charge < -0.3 is 10.1 Å². The van der Waals surface area contributed by atoms with E-state index in [9.17, 15) is 9.90 Å². The van der Waals surface area contributed by atoms with Crippen LogP contribution in [-0.2, 0) is 0 Å². The standard InChI is InChI=1S/C10H13N3O2/c1-5(2)7-9(14)12-8-6(3)4-11-13(8)10(7)15/h4-5,15H,1-3H3,(H,12,14). The zero-order valence-corrected chi connectivity index (χ0v) is 8.90. The van der Waals surface area contributed by atoms with Crippen molar-refractivity contribution in [3.8, 4) is 5.88 Å². The molecule has 2 aromatic rings. The second-order valence-electron chi connectivity index (χ2n) is 3.93. The van der Waals surface area contributed by atoms with Crippen molar-refractivity contribution in [3.05, 3.63) is 27.7 Å². The van der Waals surface area contributed by atoms with E-state index < -0.39 is 0 Å². The van der Waals surface area contributed by atoms with Gasteiger partial charge in [0.15, 0.2) is 0 Å². The molecule has 0 aromatic carbocycles. The van der Waals surface area contributed by atoms with Crippen molar-refractivity contribution in [1.82, 2.24) is 14.6 Å². The van der Waals surface area contributed by atoms with Crippen LogP contribution in [0.25, 0.3) is 5.65 Å². The van der Waals surface area contributed by atoms with Gasteiger partial charge in [0, 0.05) is 5.56 Å². The SMILES string of the molecule is Cc1cnn2c(O)c(C(C)C)c(=O)[nH]c12. The number of nitrogens with one attached hydrogen (secondary N) is 1. The summed E-state index contributed by atoms with van der Waals surface area (Å²) < 4.78 is 1.35. The summed E-state index contributed by atoms with van der Waals surface area (Å²) in [5.74, 6) is -0.112. The Morgan fingerprint density at radius 2 is 2.20 bits per heavy atom. The highest BCUT2D eigenvalue weighted by atomic mass is 16.3. The van der Waals surface area contributed by atoms with Crippen LogP contribution in [0.1, 0.15) is 30.9 Å². The monoisotopic (exact) mass is 207 g/mol. The molecule has 5 nitrogen and oxygen atoms in total. The molecule has 5 heteroatoms. The number of H-pyrrole nitrogens is 1. The molecular formula is C10H13N3O2. The Kier molecular flexibility index (Phi) is 2.03. The van der Waals surface area contributed by atoms with Crippen LogP contribution >= 0.6 is 0 Å². The van der Waals surface area contributed by atoms with Crippen LogP contribution in [0, 0.1) is 6.92 Å². The predicted octanol–water partition coefficient (Wildman–Crippen LogP) is 1.16. The highest BCUT2D eigenvalue weighted by Gasteiger charge is 2.16. The molecule has 2 heterocycles. The number of aryl methyl sites for hydroxylation is 1. The minimum atomic E-state index is -0.251. The summed E-state index contributed by atoms with van der Waals surface area (Å²) in [6, 6.07) is 0. The predicted molar refractivity (Wildman–Crippen MR) is 56.3 cm³/mol. The van der Waals surface area contributed by atoms with Crippen LogP contribution < -0.4 is 5.56 Å². The zero-order valence-electron chi connectivity index (χ0n) is 8.90. The molecule has 0 radical (unpaired) electrons. The lowest BCUT2D eigenvalue weighted by Crippen LogP contribution is -2.17. The van der Waals surface area contributed by atoms with Crippen molar-refractivity contribution < 1.29 is 5.11 Å². The molecule has 0 saturated carbocycles. The molecule has 0 amide bonds. The molecule has 0 aliphatic heterocycles. The van der Waals surface area contributed by atoms with Gasteiger partial charge in [0.05, 0.1) is 11.8 Å². The van der Waals surface area contributed by atoms with Crippen LogP contribution in [0.15, 0.2) is 11.0 Å². The minimum absolute atomic E-state index is 0.0392. The van der Waals surface area contributed by atoms with Crippen molar-refractivity contribution in [2.75, 3.05) is 0 Å². The molecule has 2 rings (SSSR count). The number of aromatic hydroxyl groups is 1. The van der Waals surface area contributed by atoms with Gasteiger partial charge in [0.2, 0.25) is 5.88 Å². The Balaban J connectivity index is 2.92. The fourth-order valence-corrected chi connectivity index (χ4v) is 1.65. The summed E-state index contributed by atoms with van der Waals surface area (Å²) in [6.45, 7) is 5.53. The molecule has 0 spiro atoms. The maximum Gasteiger partial charge on any atom is 0.258 e. The van der Waals surface area contributed by atoms with E-state index in [1.807, 2.05) is 20.8 Å². The van der Waals surface area contributed by atoms with Gasteiger partial charge in [-0.3, -0.25) is 4.79 Å². The quantitative estimate of drug-likeness (QED) is 0.737. The van der Waals surface area contributed by atoms with Gasteiger partial charge >= 0.3 is 0 Å². The van der Waals surface area contributed by atoms with Crippen LogP contribution in [-0.4, -0.2) is 19.7 Å². The van der Waals surface area contributed by atoms with Gasteiger partial charge in [0.25, 0.3) is 5.56 Å². The zero-order chi connectivity index (χ0) is 11.2. The summed E-state index contributed by atoms with van der Waals surface area (Å²) in [6.07, 6.45) is 1.61. The molecule has 0 saturated heterocycles. The third kappa shape index (κ3) is 1.31. The Bertz CT molecular complexity index is 566. The summed E-state index contributed by atoms with van der Waals surface area (Å²) in [5.41, 5.74) is 1.49. The van der Waals surface area contributed by atoms with Crippen LogP contribution in [0.5, 0.6) is 5.88 Å². The Hall–Kier alpha value is -1.78. The van der Waals surface area contributed by atoms with Gasteiger partial charge in [-0.15, -0.1) is 0 Å². The first-order valence-corrected chi connectivity index (χ1v) is 4.82. The van der Waals surface area contributed by atoms with E-state index in [0.29, 0.717) is 11.2 Å². The van der Waals surface area contributed by atoms with Crippen LogP contribution in [0.2, 0.25) is 0 Å². The molecule has 2 aromatic heterocycles. The number of nitrogens with zero attached hydrogens (tertiary/aromatic N) is 2. The van der Waals surface area contributed by atoms with E-state index in [2.05, 4.69) is 10.1 Å². The Morgan fingerprint density at radius 1 is 1.53 bits per heavy atom. The first kappa shape index (κ1) is 9.76. The van der Waals surface area contributed by atoms with Crippen molar-refractivity contribution in [1.29, 1.82) is 0 Å². The molecule has 0 atom stereocenters. The summed E-state index contributed by atoms with van der Waals surface area (Å²) in [7, 11) is 0. The molecule has 0 aliphatic carbocycles. The maximum absolute atomic E-state index is 11.7. The lowest BCUT2D eigenvalue weighted by Gasteiger charge is -2.07. The molecule has 0 fully saturated rings. The third-order valence-electron chi connectivity index (χ3n) is 2.45. The van der Waals surface area contributed by atoms with E-state index in [1.54, 1.807) is 6.20 Å². The van der Waals surface area contributed by atoms with Crippen molar-refractivity contribution in [2.45, 2.75) is 26.7 Å². The molecule has 80 valence electrons. The number of rotatable bonds is 1.